The van der Waals surface area contributed by atoms with Crippen molar-refractivity contribution < 1.29 is 29.2 Å². The van der Waals surface area contributed by atoms with Crippen LogP contribution in [0.3, 0.4) is 0 Å². The molecule has 8 nitrogen and oxygen atoms in total. The number of rotatable bonds is 3. The molecule has 2 heterocycles. The largest absolute Gasteiger partial charge is 0.463 e. The maximum Gasteiger partial charge on any atom is 0.316 e. The number of aromatic nitrogens is 2. The second kappa shape index (κ2) is 5.88. The number of ether oxygens (including phenoxy) is 2. The molecule has 110 valence electrons. The Hall–Kier alpha value is -1.48. The molecule has 0 amide bonds. The third kappa shape index (κ3) is 2.98. The van der Waals surface area contributed by atoms with Crippen molar-refractivity contribution in [3.8, 4) is 0 Å². The van der Waals surface area contributed by atoms with Crippen molar-refractivity contribution >= 4 is 17.6 Å². The normalized spacial score (nSPS) is 29.4. The predicted molar refractivity (Wildman–Crippen MR) is 64.8 cm³/mol. The van der Waals surface area contributed by atoms with Crippen LogP contribution in [0, 0.1) is 0 Å². The summed E-state index contributed by atoms with van der Waals surface area (Å²) in [5.74, 6) is -0.522. The molecule has 20 heavy (non-hydrogen) atoms. The van der Waals surface area contributed by atoms with Gasteiger partial charge in [-0.1, -0.05) is 16.3 Å². The van der Waals surface area contributed by atoms with E-state index in [1.165, 1.54) is 23.9 Å². The molecule has 0 aromatic carbocycles. The Morgan fingerprint density at radius 3 is 2.85 bits per heavy atom. The van der Waals surface area contributed by atoms with Crippen LogP contribution in [0.4, 0.5) is 0 Å². The Kier molecular flexibility index (Phi) is 4.39. The number of carbonyl (C=O) groups excluding carboxylic acids is 1. The number of aliphatic hydroxyl groups excluding tert-OH is 2. The van der Waals surface area contributed by atoms with Crippen molar-refractivity contribution in [1.82, 2.24) is 5.10 Å². The van der Waals surface area contributed by atoms with Gasteiger partial charge in [0.2, 0.25) is 0 Å². The van der Waals surface area contributed by atoms with E-state index >= 15 is 0 Å². The van der Waals surface area contributed by atoms with Gasteiger partial charge in [-0.05, 0) is 0 Å². The Bertz CT molecular complexity index is 562. The van der Waals surface area contributed by atoms with Crippen molar-refractivity contribution in [3.05, 3.63) is 27.6 Å². The van der Waals surface area contributed by atoms with Gasteiger partial charge in [-0.3, -0.25) is 9.59 Å². The summed E-state index contributed by atoms with van der Waals surface area (Å²) in [5, 5.41) is 22.1. The van der Waals surface area contributed by atoms with Crippen molar-refractivity contribution in [1.29, 1.82) is 0 Å². The molecular formula is C11H14ClN2O6+. The molecule has 9 heteroatoms. The second-order valence-electron chi connectivity index (χ2n) is 4.36. The first-order chi connectivity index (χ1) is 9.40. The van der Waals surface area contributed by atoms with E-state index in [-0.39, 0.29) is 11.6 Å². The average molecular weight is 306 g/mol. The Morgan fingerprint density at radius 1 is 1.55 bits per heavy atom. The van der Waals surface area contributed by atoms with E-state index in [1.54, 1.807) is 0 Å². The van der Waals surface area contributed by atoms with Gasteiger partial charge in [-0.15, -0.1) is 5.10 Å². The summed E-state index contributed by atoms with van der Waals surface area (Å²) >= 11 is 5.60. The molecule has 1 aliphatic rings. The molecule has 1 aliphatic heterocycles. The van der Waals surface area contributed by atoms with E-state index in [0.29, 0.717) is 0 Å². The number of carbonyl (C=O) groups is 1. The fourth-order valence-electron chi connectivity index (χ4n) is 1.87. The number of halogens is 1. The van der Waals surface area contributed by atoms with Gasteiger partial charge in [0.25, 0.3) is 0 Å². The van der Waals surface area contributed by atoms with Crippen LogP contribution in [-0.2, 0) is 14.3 Å². The fraction of sp³-hybridized carbons (Fsp3) is 0.545. The fourth-order valence-corrected chi connectivity index (χ4v) is 1.97. The van der Waals surface area contributed by atoms with Gasteiger partial charge in [0.15, 0.2) is 12.3 Å². The van der Waals surface area contributed by atoms with E-state index in [1.807, 2.05) is 0 Å². The lowest BCUT2D eigenvalue weighted by molar-refractivity contribution is -0.815. The van der Waals surface area contributed by atoms with Crippen molar-refractivity contribution in [2.24, 2.45) is 0 Å². The number of hydrogen-bond donors (Lipinski definition) is 3. The number of hydrogen-bond acceptors (Lipinski definition) is 6. The van der Waals surface area contributed by atoms with Gasteiger partial charge >= 0.3 is 17.8 Å². The molecule has 1 aromatic rings. The number of nitrogens with one attached hydrogen (secondary N) is 1. The summed E-state index contributed by atoms with van der Waals surface area (Å²) in [7, 11) is 0. The molecule has 0 radical (unpaired) electrons. The van der Waals surface area contributed by atoms with Crippen LogP contribution in [0.2, 0.25) is 5.02 Å². The van der Waals surface area contributed by atoms with Crippen LogP contribution < -0.4 is 10.2 Å². The number of aliphatic hydroxyl groups is 2. The third-order valence-corrected chi connectivity index (χ3v) is 3.19. The van der Waals surface area contributed by atoms with E-state index in [9.17, 15) is 19.8 Å². The molecule has 0 aliphatic carbocycles. The summed E-state index contributed by atoms with van der Waals surface area (Å²) < 4.78 is 11.3. The Morgan fingerprint density at radius 2 is 2.25 bits per heavy atom. The summed E-state index contributed by atoms with van der Waals surface area (Å²) in [4.78, 5) is 22.1. The molecule has 0 spiro atoms. The van der Waals surface area contributed by atoms with Gasteiger partial charge in [0.05, 0.1) is 0 Å². The highest BCUT2D eigenvalue weighted by Crippen LogP contribution is 2.25. The highest BCUT2D eigenvalue weighted by Gasteiger charge is 2.49. The highest BCUT2D eigenvalue weighted by molar-refractivity contribution is 6.30. The maximum atomic E-state index is 11.4. The zero-order valence-electron chi connectivity index (χ0n) is 10.5. The maximum absolute atomic E-state index is 11.4. The first-order valence-electron chi connectivity index (χ1n) is 5.85. The lowest BCUT2D eigenvalue weighted by atomic mass is 10.1. The molecule has 1 saturated heterocycles. The highest BCUT2D eigenvalue weighted by atomic mass is 35.5. The standard InChI is InChI=1S/C11H13ClN2O6/c1-5(15)19-4-7-8(16)9(17)11(20-7)14-3-2-6(12)10(18)13-14/h2-3,7-9,11,16-17H,4H2,1H3/p+1. The Balaban J connectivity index is 2.15. The molecule has 1 fully saturated rings. The average Bonchev–Trinajstić information content (AvgIpc) is 2.67. The topological polar surface area (TPSA) is 113 Å². The molecule has 0 bridgehead atoms. The van der Waals surface area contributed by atoms with Gasteiger partial charge < -0.3 is 19.7 Å². The first-order valence-corrected chi connectivity index (χ1v) is 6.23. The predicted octanol–water partition coefficient (Wildman–Crippen LogP) is -1.50. The van der Waals surface area contributed by atoms with Gasteiger partial charge in [0.1, 0.15) is 23.8 Å². The molecule has 4 atom stereocenters. The van der Waals surface area contributed by atoms with E-state index < -0.39 is 36.1 Å². The monoisotopic (exact) mass is 305 g/mol. The lowest BCUT2D eigenvalue weighted by Gasteiger charge is -2.12. The number of H-pyrrole nitrogens is 1. The molecule has 3 N–H and O–H groups in total. The summed E-state index contributed by atoms with van der Waals surface area (Å²) in [5.41, 5.74) is -0.553. The van der Waals surface area contributed by atoms with Gasteiger partial charge in [0, 0.05) is 13.0 Å². The smallest absolute Gasteiger partial charge is 0.316 e. The van der Waals surface area contributed by atoms with E-state index in [0.717, 1.165) is 0 Å². The lowest BCUT2D eigenvalue weighted by Crippen LogP contribution is -2.51. The van der Waals surface area contributed by atoms with E-state index in [4.69, 9.17) is 21.1 Å². The zero-order chi connectivity index (χ0) is 14.9. The second-order valence-corrected chi connectivity index (χ2v) is 4.77. The minimum atomic E-state index is -1.28. The summed E-state index contributed by atoms with van der Waals surface area (Å²) in [6.45, 7) is 1.03. The molecule has 4 unspecified atom stereocenters. The molecule has 0 saturated carbocycles. The summed E-state index contributed by atoms with van der Waals surface area (Å²) in [6, 6.07) is 1.34. The van der Waals surface area contributed by atoms with Crippen molar-refractivity contribution in [2.45, 2.75) is 31.5 Å². The zero-order valence-corrected chi connectivity index (χ0v) is 11.3. The van der Waals surface area contributed by atoms with Gasteiger partial charge in [-0.25, -0.2) is 0 Å². The SMILES string of the molecule is CC(=O)OCC1OC([n+]2ccc(Cl)c(=O)[nH]2)C(O)C1O. The molecule has 1 aromatic heterocycles. The van der Waals surface area contributed by atoms with E-state index in [2.05, 4.69) is 5.10 Å². The van der Waals surface area contributed by atoms with Crippen LogP contribution >= 0.6 is 11.6 Å². The molecule has 2 rings (SSSR count). The summed E-state index contributed by atoms with van der Waals surface area (Å²) in [6.07, 6.45) is -3.01. The quantitative estimate of drug-likeness (QED) is 0.463. The van der Waals surface area contributed by atoms with Gasteiger partial charge in [-0.2, -0.15) is 0 Å². The van der Waals surface area contributed by atoms with Crippen LogP contribution in [0.25, 0.3) is 0 Å². The Labute approximate surface area is 118 Å². The molecular weight excluding hydrogens is 292 g/mol. The van der Waals surface area contributed by atoms with Crippen LogP contribution in [0.15, 0.2) is 17.1 Å². The number of aromatic amines is 1. The van der Waals surface area contributed by atoms with Crippen LogP contribution in [0.5, 0.6) is 0 Å². The van der Waals surface area contributed by atoms with Crippen LogP contribution in [0.1, 0.15) is 13.2 Å². The number of nitrogens with zero attached hydrogens (tertiary/aromatic N) is 1. The minimum Gasteiger partial charge on any atom is -0.463 e. The van der Waals surface area contributed by atoms with Crippen molar-refractivity contribution in [3.63, 3.8) is 0 Å². The third-order valence-electron chi connectivity index (χ3n) is 2.89. The number of esters is 1. The first kappa shape index (κ1) is 14.9. The van der Waals surface area contributed by atoms with Crippen molar-refractivity contribution in [2.75, 3.05) is 6.61 Å². The van der Waals surface area contributed by atoms with Crippen LogP contribution in [-0.4, -0.2) is 46.2 Å². The minimum absolute atomic E-state index is 0.00857.